The molecule has 0 atom stereocenters. The number of benzene rings is 1. The molecule has 1 aromatic heterocycles. The summed E-state index contributed by atoms with van der Waals surface area (Å²) in [4.78, 5) is 3.95. The van der Waals surface area contributed by atoms with E-state index in [1.807, 2.05) is 0 Å². The van der Waals surface area contributed by atoms with Crippen LogP contribution < -0.4 is 10.0 Å². The predicted octanol–water partition coefficient (Wildman–Crippen LogP) is 1.23. The Bertz CT molecular complexity index is 730. The van der Waals surface area contributed by atoms with Gasteiger partial charge in [-0.3, -0.25) is 0 Å². The Balaban J connectivity index is 2.20. The van der Waals surface area contributed by atoms with Crippen LogP contribution in [0.25, 0.3) is 0 Å². The number of hydrogen-bond donors (Lipinski definition) is 2. The van der Waals surface area contributed by atoms with Gasteiger partial charge in [0.25, 0.3) is 0 Å². The van der Waals surface area contributed by atoms with Gasteiger partial charge in [-0.25, -0.2) is 13.1 Å². The van der Waals surface area contributed by atoms with Crippen molar-refractivity contribution in [2.24, 2.45) is 0 Å². The summed E-state index contributed by atoms with van der Waals surface area (Å²) in [6.07, 6.45) is 0. The molecule has 0 radical (unpaired) electrons. The maximum absolute atomic E-state index is 12.3. The van der Waals surface area contributed by atoms with Crippen LogP contribution in [0, 0.1) is 6.92 Å². The van der Waals surface area contributed by atoms with Gasteiger partial charge in [-0.2, -0.15) is 4.98 Å². The van der Waals surface area contributed by atoms with E-state index in [2.05, 4.69) is 20.2 Å². The molecule has 1 aromatic carbocycles. The van der Waals surface area contributed by atoms with Crippen LogP contribution in [-0.2, 0) is 23.1 Å². The molecule has 0 fully saturated rings. The Morgan fingerprint density at radius 2 is 2.10 bits per heavy atom. The van der Waals surface area contributed by atoms with Crippen molar-refractivity contribution in [1.29, 1.82) is 0 Å². The standard InChI is InChI=1S/C12H15ClN4O3S/c1-8-16-12(17-20-8)7-15-21(18,19)11-5-9(6-14-2)3-4-10(11)13/h3-5,14-15H,6-7H2,1-2H3. The SMILES string of the molecule is CNCc1ccc(Cl)c(S(=O)(=O)NCc2noc(C)n2)c1. The highest BCUT2D eigenvalue weighted by Crippen LogP contribution is 2.22. The molecule has 0 bridgehead atoms. The van der Waals surface area contributed by atoms with Crippen LogP contribution in [0.5, 0.6) is 0 Å². The molecule has 0 saturated carbocycles. The fraction of sp³-hybridized carbons (Fsp3) is 0.333. The number of aryl methyl sites for hydroxylation is 1. The van der Waals surface area contributed by atoms with Gasteiger partial charge in [0.2, 0.25) is 15.9 Å². The molecule has 0 amide bonds. The van der Waals surface area contributed by atoms with Crippen LogP contribution in [0.1, 0.15) is 17.3 Å². The third kappa shape index (κ3) is 4.01. The topological polar surface area (TPSA) is 97.1 Å². The summed E-state index contributed by atoms with van der Waals surface area (Å²) in [5, 5.41) is 6.74. The molecule has 0 aliphatic heterocycles. The van der Waals surface area contributed by atoms with Crippen LogP contribution in [0.2, 0.25) is 5.02 Å². The predicted molar refractivity (Wildman–Crippen MR) is 77.3 cm³/mol. The van der Waals surface area contributed by atoms with Crippen LogP contribution in [0.4, 0.5) is 0 Å². The Morgan fingerprint density at radius 1 is 1.33 bits per heavy atom. The maximum atomic E-state index is 12.3. The number of aromatic nitrogens is 2. The Hall–Kier alpha value is -1.48. The van der Waals surface area contributed by atoms with Crippen molar-refractivity contribution in [3.63, 3.8) is 0 Å². The fourth-order valence-corrected chi connectivity index (χ4v) is 3.25. The Kier molecular flexibility index (Phi) is 4.94. The smallest absolute Gasteiger partial charge is 0.242 e. The monoisotopic (exact) mass is 330 g/mol. The molecule has 0 spiro atoms. The van der Waals surface area contributed by atoms with E-state index in [4.69, 9.17) is 16.1 Å². The minimum Gasteiger partial charge on any atom is -0.340 e. The van der Waals surface area contributed by atoms with Gasteiger partial charge < -0.3 is 9.84 Å². The molecule has 0 unspecified atom stereocenters. The molecular formula is C12H15ClN4O3S. The molecule has 0 saturated heterocycles. The summed E-state index contributed by atoms with van der Waals surface area (Å²) in [5.74, 6) is 0.636. The highest BCUT2D eigenvalue weighted by atomic mass is 35.5. The van der Waals surface area contributed by atoms with Crippen molar-refractivity contribution in [1.82, 2.24) is 20.2 Å². The second-order valence-electron chi connectivity index (χ2n) is 4.35. The third-order valence-electron chi connectivity index (χ3n) is 2.66. The Morgan fingerprint density at radius 3 is 2.71 bits per heavy atom. The lowest BCUT2D eigenvalue weighted by molar-refractivity contribution is 0.387. The number of sulfonamides is 1. The van der Waals surface area contributed by atoms with Gasteiger partial charge >= 0.3 is 0 Å². The summed E-state index contributed by atoms with van der Waals surface area (Å²) in [7, 11) is -1.97. The molecule has 2 rings (SSSR count). The first-order valence-corrected chi connectivity index (χ1v) is 8.00. The van der Waals surface area contributed by atoms with Crippen molar-refractivity contribution in [2.45, 2.75) is 24.9 Å². The zero-order chi connectivity index (χ0) is 15.5. The molecule has 7 nitrogen and oxygen atoms in total. The van der Waals surface area contributed by atoms with Crippen molar-refractivity contribution in [3.05, 3.63) is 40.5 Å². The molecule has 2 N–H and O–H groups in total. The zero-order valence-corrected chi connectivity index (χ0v) is 13.1. The van der Waals surface area contributed by atoms with E-state index in [1.54, 1.807) is 26.1 Å². The number of hydrogen-bond acceptors (Lipinski definition) is 6. The van der Waals surface area contributed by atoms with E-state index in [-0.39, 0.29) is 22.3 Å². The number of nitrogens with one attached hydrogen (secondary N) is 2. The van der Waals surface area contributed by atoms with Gasteiger partial charge in [-0.05, 0) is 24.7 Å². The lowest BCUT2D eigenvalue weighted by Crippen LogP contribution is -2.24. The van der Waals surface area contributed by atoms with Crippen LogP contribution in [0.15, 0.2) is 27.6 Å². The van der Waals surface area contributed by atoms with Gasteiger partial charge in [-0.15, -0.1) is 0 Å². The van der Waals surface area contributed by atoms with E-state index < -0.39 is 10.0 Å². The molecule has 0 aliphatic carbocycles. The average molecular weight is 331 g/mol. The van der Waals surface area contributed by atoms with E-state index >= 15 is 0 Å². The van der Waals surface area contributed by atoms with Crippen molar-refractivity contribution in [2.75, 3.05) is 7.05 Å². The second-order valence-corrected chi connectivity index (χ2v) is 6.49. The normalized spacial score (nSPS) is 11.8. The maximum Gasteiger partial charge on any atom is 0.242 e. The number of rotatable bonds is 6. The molecular weight excluding hydrogens is 316 g/mol. The molecule has 114 valence electrons. The molecule has 21 heavy (non-hydrogen) atoms. The van der Waals surface area contributed by atoms with Gasteiger partial charge in [0.05, 0.1) is 11.6 Å². The first kappa shape index (κ1) is 15.9. The zero-order valence-electron chi connectivity index (χ0n) is 11.6. The minimum atomic E-state index is -3.75. The third-order valence-corrected chi connectivity index (χ3v) is 4.54. The summed E-state index contributed by atoms with van der Waals surface area (Å²) in [6, 6.07) is 4.85. The second kappa shape index (κ2) is 6.52. The van der Waals surface area contributed by atoms with Gasteiger partial charge in [-0.1, -0.05) is 22.8 Å². The number of halogens is 1. The molecule has 9 heteroatoms. The van der Waals surface area contributed by atoms with Crippen molar-refractivity contribution < 1.29 is 12.9 Å². The van der Waals surface area contributed by atoms with E-state index in [0.717, 1.165) is 5.56 Å². The molecule has 1 heterocycles. The molecule has 0 aliphatic rings. The highest BCUT2D eigenvalue weighted by Gasteiger charge is 2.19. The van der Waals surface area contributed by atoms with E-state index in [0.29, 0.717) is 12.4 Å². The fourth-order valence-electron chi connectivity index (χ4n) is 1.72. The van der Waals surface area contributed by atoms with Gasteiger partial charge in [0.1, 0.15) is 4.90 Å². The lowest BCUT2D eigenvalue weighted by Gasteiger charge is -2.09. The van der Waals surface area contributed by atoms with Crippen molar-refractivity contribution >= 4 is 21.6 Å². The van der Waals surface area contributed by atoms with Crippen LogP contribution >= 0.6 is 11.6 Å². The summed E-state index contributed by atoms with van der Waals surface area (Å²) >= 11 is 5.98. The summed E-state index contributed by atoms with van der Waals surface area (Å²) in [5.41, 5.74) is 0.817. The largest absolute Gasteiger partial charge is 0.340 e. The number of nitrogens with zero attached hydrogens (tertiary/aromatic N) is 2. The highest BCUT2D eigenvalue weighted by molar-refractivity contribution is 7.89. The summed E-state index contributed by atoms with van der Waals surface area (Å²) < 4.78 is 31.8. The van der Waals surface area contributed by atoms with Gasteiger partial charge in [0.15, 0.2) is 5.82 Å². The van der Waals surface area contributed by atoms with Crippen LogP contribution in [-0.4, -0.2) is 25.6 Å². The van der Waals surface area contributed by atoms with E-state index in [9.17, 15) is 8.42 Å². The van der Waals surface area contributed by atoms with Crippen molar-refractivity contribution in [3.8, 4) is 0 Å². The Labute approximate surface area is 127 Å². The molecule has 2 aromatic rings. The minimum absolute atomic E-state index is 0.0251. The van der Waals surface area contributed by atoms with E-state index in [1.165, 1.54) is 6.07 Å². The van der Waals surface area contributed by atoms with Gasteiger partial charge in [0, 0.05) is 13.5 Å². The van der Waals surface area contributed by atoms with Crippen LogP contribution in [0.3, 0.4) is 0 Å². The lowest BCUT2D eigenvalue weighted by atomic mass is 10.2. The quantitative estimate of drug-likeness (QED) is 0.826. The first-order chi connectivity index (χ1) is 9.92. The average Bonchev–Trinajstić information content (AvgIpc) is 2.85. The summed E-state index contributed by atoms with van der Waals surface area (Å²) in [6.45, 7) is 2.11. The first-order valence-electron chi connectivity index (χ1n) is 6.14.